The smallest absolute Gasteiger partial charge is 0.0275 e. The van der Waals surface area contributed by atoms with E-state index in [-0.39, 0.29) is 0 Å². The van der Waals surface area contributed by atoms with Crippen molar-refractivity contribution >= 4 is 56.9 Å². The normalized spacial score (nSPS) is 10.3. The minimum Gasteiger partial charge on any atom is -0.0901 e. The molecular weight excluding hydrogens is 430 g/mol. The van der Waals surface area contributed by atoms with Gasteiger partial charge in [-0.2, -0.15) is 0 Å². The molecule has 0 aliphatic heterocycles. The molecule has 0 bridgehead atoms. The Balaban J connectivity index is 2.22. The van der Waals surface area contributed by atoms with E-state index in [1.54, 1.807) is 11.8 Å². The van der Waals surface area contributed by atoms with Crippen LogP contribution in [-0.2, 0) is 0 Å². The van der Waals surface area contributed by atoms with Crippen molar-refractivity contribution in [2.75, 3.05) is 0 Å². The molecular formula is C12H8I2S. The number of benzene rings is 2. The first-order valence-electron chi connectivity index (χ1n) is 4.43. The molecule has 2 aromatic rings. The van der Waals surface area contributed by atoms with E-state index in [2.05, 4.69) is 87.6 Å². The fraction of sp³-hybridized carbons (Fsp3) is 0. The molecule has 0 fully saturated rings. The molecule has 0 N–H and O–H groups in total. The Morgan fingerprint density at radius 2 is 1.47 bits per heavy atom. The average Bonchev–Trinajstić information content (AvgIpc) is 2.25. The van der Waals surface area contributed by atoms with Gasteiger partial charge >= 0.3 is 0 Å². The van der Waals surface area contributed by atoms with Gasteiger partial charge in [0.05, 0.1) is 0 Å². The van der Waals surface area contributed by atoms with E-state index in [1.807, 2.05) is 6.07 Å². The molecule has 0 radical (unpaired) electrons. The first-order valence-corrected chi connectivity index (χ1v) is 7.41. The highest BCUT2D eigenvalue weighted by atomic mass is 127. The number of hydrogen-bond donors (Lipinski definition) is 0. The second-order valence-electron chi connectivity index (χ2n) is 2.99. The minimum absolute atomic E-state index is 1.29. The minimum atomic E-state index is 1.29. The van der Waals surface area contributed by atoms with Gasteiger partial charge in [0.1, 0.15) is 0 Å². The number of rotatable bonds is 2. The molecule has 76 valence electrons. The summed E-state index contributed by atoms with van der Waals surface area (Å²) in [7, 11) is 0. The van der Waals surface area contributed by atoms with Crippen LogP contribution in [0.4, 0.5) is 0 Å². The van der Waals surface area contributed by atoms with E-state index in [1.165, 1.54) is 16.9 Å². The summed E-state index contributed by atoms with van der Waals surface area (Å²) in [6.07, 6.45) is 0. The first kappa shape index (κ1) is 11.7. The molecule has 0 unspecified atom stereocenters. The summed E-state index contributed by atoms with van der Waals surface area (Å²) in [6.45, 7) is 0. The molecule has 0 heterocycles. The molecule has 0 aromatic heterocycles. The van der Waals surface area contributed by atoms with Crippen molar-refractivity contribution in [2.24, 2.45) is 0 Å². The lowest BCUT2D eigenvalue weighted by Crippen LogP contribution is -1.80. The Labute approximate surface area is 121 Å². The molecule has 0 nitrogen and oxygen atoms in total. The summed E-state index contributed by atoms with van der Waals surface area (Å²) in [5.41, 5.74) is 0. The quantitative estimate of drug-likeness (QED) is 0.592. The van der Waals surface area contributed by atoms with Gasteiger partial charge in [-0.15, -0.1) is 0 Å². The topological polar surface area (TPSA) is 0 Å². The Morgan fingerprint density at radius 1 is 0.733 bits per heavy atom. The van der Waals surface area contributed by atoms with Gasteiger partial charge < -0.3 is 0 Å². The highest BCUT2D eigenvalue weighted by Crippen LogP contribution is 2.29. The van der Waals surface area contributed by atoms with Gasteiger partial charge in [0.2, 0.25) is 0 Å². The average molecular weight is 438 g/mol. The summed E-state index contributed by atoms with van der Waals surface area (Å²) in [5.74, 6) is 0. The van der Waals surface area contributed by atoms with Crippen molar-refractivity contribution < 1.29 is 0 Å². The molecule has 0 spiro atoms. The van der Waals surface area contributed by atoms with Gasteiger partial charge in [0, 0.05) is 16.9 Å². The van der Waals surface area contributed by atoms with Crippen molar-refractivity contribution in [1.82, 2.24) is 0 Å². The van der Waals surface area contributed by atoms with Crippen molar-refractivity contribution in [1.29, 1.82) is 0 Å². The monoisotopic (exact) mass is 438 g/mol. The molecule has 0 aliphatic carbocycles. The van der Waals surface area contributed by atoms with E-state index in [0.717, 1.165) is 0 Å². The summed E-state index contributed by atoms with van der Waals surface area (Å²) in [6, 6.07) is 17.0. The van der Waals surface area contributed by atoms with Gasteiger partial charge in [0.15, 0.2) is 0 Å². The Morgan fingerprint density at radius 3 is 2.13 bits per heavy atom. The molecule has 3 heteroatoms. The maximum absolute atomic E-state index is 2.37. The van der Waals surface area contributed by atoms with Crippen LogP contribution in [0, 0.1) is 7.14 Å². The van der Waals surface area contributed by atoms with Gasteiger partial charge in [0.25, 0.3) is 0 Å². The number of halogens is 2. The first-order chi connectivity index (χ1) is 7.25. The molecule has 2 rings (SSSR count). The maximum Gasteiger partial charge on any atom is 0.0275 e. The van der Waals surface area contributed by atoms with Crippen molar-refractivity contribution in [3.63, 3.8) is 0 Å². The third-order valence-electron chi connectivity index (χ3n) is 1.87. The van der Waals surface area contributed by atoms with Crippen LogP contribution in [0.3, 0.4) is 0 Å². The molecule has 0 aliphatic rings. The summed E-state index contributed by atoms with van der Waals surface area (Å²) in [5, 5.41) is 0. The SMILES string of the molecule is Ic1ccc(Sc2ccccc2)cc1I. The summed E-state index contributed by atoms with van der Waals surface area (Å²) < 4.78 is 2.62. The van der Waals surface area contributed by atoms with Crippen LogP contribution < -0.4 is 0 Å². The summed E-state index contributed by atoms with van der Waals surface area (Å²) >= 11 is 6.53. The summed E-state index contributed by atoms with van der Waals surface area (Å²) in [4.78, 5) is 2.58. The van der Waals surface area contributed by atoms with Crippen LogP contribution in [0.25, 0.3) is 0 Å². The highest BCUT2D eigenvalue weighted by molar-refractivity contribution is 14.1. The predicted molar refractivity (Wildman–Crippen MR) is 82.4 cm³/mol. The van der Waals surface area contributed by atoms with E-state index in [0.29, 0.717) is 0 Å². The predicted octanol–water partition coefficient (Wildman–Crippen LogP) is 5.05. The van der Waals surface area contributed by atoms with Crippen LogP contribution in [0.2, 0.25) is 0 Å². The standard InChI is InChI=1S/C12H8I2S/c13-11-7-6-10(8-12(11)14)15-9-4-2-1-3-5-9/h1-8H. The molecule has 0 saturated carbocycles. The third-order valence-corrected chi connectivity index (χ3v) is 5.73. The molecule has 2 aromatic carbocycles. The second kappa shape index (κ2) is 5.54. The van der Waals surface area contributed by atoms with Crippen LogP contribution in [0.5, 0.6) is 0 Å². The van der Waals surface area contributed by atoms with Crippen LogP contribution >= 0.6 is 56.9 Å². The van der Waals surface area contributed by atoms with Gasteiger partial charge in [-0.3, -0.25) is 0 Å². The molecule has 0 amide bonds. The zero-order valence-corrected chi connectivity index (χ0v) is 12.9. The maximum atomic E-state index is 2.37. The van der Waals surface area contributed by atoms with E-state index >= 15 is 0 Å². The largest absolute Gasteiger partial charge is 0.0901 e. The van der Waals surface area contributed by atoms with E-state index in [4.69, 9.17) is 0 Å². The molecule has 0 atom stereocenters. The Hall–Kier alpha value is 0.250. The lowest BCUT2D eigenvalue weighted by atomic mass is 10.4. The van der Waals surface area contributed by atoms with Crippen molar-refractivity contribution in [3.8, 4) is 0 Å². The van der Waals surface area contributed by atoms with Crippen LogP contribution in [0.1, 0.15) is 0 Å². The molecule has 15 heavy (non-hydrogen) atoms. The highest BCUT2D eigenvalue weighted by Gasteiger charge is 2.00. The fourth-order valence-corrected chi connectivity index (χ4v) is 3.11. The van der Waals surface area contributed by atoms with Crippen molar-refractivity contribution in [2.45, 2.75) is 9.79 Å². The number of hydrogen-bond acceptors (Lipinski definition) is 1. The lowest BCUT2D eigenvalue weighted by molar-refractivity contribution is 1.37. The Kier molecular flexibility index (Phi) is 4.33. The van der Waals surface area contributed by atoms with Gasteiger partial charge in [-0.1, -0.05) is 30.0 Å². The Bertz CT molecular complexity index is 454. The van der Waals surface area contributed by atoms with E-state index < -0.39 is 0 Å². The van der Waals surface area contributed by atoms with Gasteiger partial charge in [-0.25, -0.2) is 0 Å². The lowest BCUT2D eigenvalue weighted by Gasteiger charge is -2.03. The zero-order valence-electron chi connectivity index (χ0n) is 7.78. The van der Waals surface area contributed by atoms with E-state index in [9.17, 15) is 0 Å². The fourth-order valence-electron chi connectivity index (χ4n) is 1.16. The van der Waals surface area contributed by atoms with Crippen molar-refractivity contribution in [3.05, 3.63) is 55.7 Å². The van der Waals surface area contributed by atoms with Crippen LogP contribution in [0.15, 0.2) is 58.3 Å². The zero-order chi connectivity index (χ0) is 10.7. The van der Waals surface area contributed by atoms with Gasteiger partial charge in [-0.05, 0) is 75.5 Å². The molecule has 0 saturated heterocycles. The van der Waals surface area contributed by atoms with Crippen LogP contribution in [-0.4, -0.2) is 0 Å². The third kappa shape index (κ3) is 3.35. The second-order valence-corrected chi connectivity index (χ2v) is 6.46.